The molecule has 1 aromatic rings. The number of ether oxygens (including phenoxy) is 2. The summed E-state index contributed by atoms with van der Waals surface area (Å²) < 4.78 is 19.7. The number of benzene rings is 1. The average molecular weight is 677 g/mol. The van der Waals surface area contributed by atoms with E-state index in [9.17, 15) is 0 Å². The molecule has 0 saturated heterocycles. The van der Waals surface area contributed by atoms with E-state index < -0.39 is 8.32 Å². The molecule has 3 fully saturated rings. The van der Waals surface area contributed by atoms with Crippen LogP contribution in [0, 0.1) is 45.3 Å². The first-order valence-electron chi connectivity index (χ1n) is 19.8. The van der Waals surface area contributed by atoms with Crippen molar-refractivity contribution in [1.29, 1.82) is 0 Å². The summed E-state index contributed by atoms with van der Waals surface area (Å²) in [5, 5.41) is 0.220. The first-order valence-corrected chi connectivity index (χ1v) is 22.7. The molecule has 1 aromatic carbocycles. The van der Waals surface area contributed by atoms with Crippen LogP contribution in [-0.2, 0) is 16.3 Å². The van der Waals surface area contributed by atoms with Crippen LogP contribution in [0.25, 0.3) is 0 Å². The Morgan fingerprint density at radius 2 is 1.40 bits per heavy atom. The highest BCUT2D eigenvalue weighted by Gasteiger charge is 2.68. The Hall–Kier alpha value is -1.26. The van der Waals surface area contributed by atoms with Gasteiger partial charge in [0.1, 0.15) is 11.5 Å². The fraction of sp³-hybridized carbons (Fsp3) is 0.818. The van der Waals surface area contributed by atoms with Crippen LogP contribution in [0.4, 0.5) is 0 Å². The Balaban J connectivity index is 1.37. The van der Waals surface area contributed by atoms with Crippen molar-refractivity contribution in [3.8, 4) is 11.5 Å². The van der Waals surface area contributed by atoms with Gasteiger partial charge in [0, 0.05) is 16.5 Å². The van der Waals surface area contributed by atoms with E-state index in [2.05, 4.69) is 101 Å². The van der Waals surface area contributed by atoms with Crippen LogP contribution in [0.3, 0.4) is 0 Å². The van der Waals surface area contributed by atoms with Crippen LogP contribution in [0.2, 0.25) is 18.1 Å². The largest absolute Gasteiger partial charge is 0.496 e. The second kappa shape index (κ2) is 11.9. The van der Waals surface area contributed by atoms with Gasteiger partial charge in [0.15, 0.2) is 8.32 Å². The zero-order valence-electron chi connectivity index (χ0n) is 33.6. The van der Waals surface area contributed by atoms with Crippen LogP contribution >= 0.6 is 0 Å². The molecule has 4 heteroatoms. The molecule has 0 bridgehead atoms. The number of hydrogen-bond donors (Lipinski definition) is 0. The average Bonchev–Trinajstić information content (AvgIpc) is 3.31. The van der Waals surface area contributed by atoms with E-state index in [1.807, 2.05) is 14.2 Å². The third kappa shape index (κ3) is 5.33. The fourth-order valence-corrected chi connectivity index (χ4v) is 14.8. The van der Waals surface area contributed by atoms with E-state index in [4.69, 9.17) is 13.9 Å². The van der Waals surface area contributed by atoms with E-state index in [1.54, 1.807) is 5.57 Å². The minimum atomic E-state index is -1.94. The van der Waals surface area contributed by atoms with Gasteiger partial charge in [0.2, 0.25) is 0 Å². The third-order valence-electron chi connectivity index (χ3n) is 17.0. The molecule has 0 spiro atoms. The molecular formula is C44H72O3Si. The van der Waals surface area contributed by atoms with Crippen molar-refractivity contribution >= 4 is 8.32 Å². The van der Waals surface area contributed by atoms with Gasteiger partial charge in [0.05, 0.1) is 20.3 Å². The molecule has 6 rings (SSSR count). The lowest BCUT2D eigenvalue weighted by molar-refractivity contribution is -0.206. The van der Waals surface area contributed by atoms with Crippen LogP contribution in [-0.4, -0.2) is 28.6 Å². The van der Waals surface area contributed by atoms with E-state index in [0.717, 1.165) is 23.8 Å². The Labute approximate surface area is 296 Å². The minimum Gasteiger partial charge on any atom is -0.496 e. The third-order valence-corrected chi connectivity index (χ3v) is 21.5. The summed E-state index contributed by atoms with van der Waals surface area (Å²) in [5.74, 6) is 4.85. The predicted octanol–water partition coefficient (Wildman–Crippen LogP) is 12.3. The van der Waals surface area contributed by atoms with Gasteiger partial charge in [0.25, 0.3) is 0 Å². The lowest BCUT2D eigenvalue weighted by Gasteiger charge is -2.69. The second-order valence-corrected chi connectivity index (χ2v) is 25.4. The lowest BCUT2D eigenvalue weighted by atomic mass is 9.36. The van der Waals surface area contributed by atoms with Crippen LogP contribution in [0.1, 0.15) is 145 Å². The van der Waals surface area contributed by atoms with Crippen molar-refractivity contribution in [2.45, 2.75) is 170 Å². The van der Waals surface area contributed by atoms with Crippen LogP contribution in [0.15, 0.2) is 23.8 Å². The highest BCUT2D eigenvalue weighted by atomic mass is 28.4. The molecule has 0 radical (unpaired) electrons. The standard InChI is InChI=1S/C44H72O3Si/c1-29-16-15-23-40(5,6)31(29)19-24-43(9)35-20-25-42(8)34(41(35,7)27-22-37(43)47-48(13,14)39(2,3)4)21-26-44(10)36(42)28-30-32(45-11)17-18-33(46-12)38(30)44/h16-18,31,34-37H,15,19-28H2,1-14H3/t31-,34-,35-,36+,37+,41-,42-,43+,44+/m1/s1. The summed E-state index contributed by atoms with van der Waals surface area (Å²) >= 11 is 0. The molecule has 5 aliphatic rings. The molecule has 3 nitrogen and oxygen atoms in total. The van der Waals surface area contributed by atoms with Gasteiger partial charge >= 0.3 is 0 Å². The first-order chi connectivity index (χ1) is 22.2. The maximum atomic E-state index is 7.61. The van der Waals surface area contributed by atoms with Crippen molar-refractivity contribution in [2.24, 2.45) is 45.3 Å². The van der Waals surface area contributed by atoms with Crippen molar-refractivity contribution in [3.63, 3.8) is 0 Å². The summed E-state index contributed by atoms with van der Waals surface area (Å²) in [7, 11) is 1.76. The molecule has 48 heavy (non-hydrogen) atoms. The molecule has 270 valence electrons. The normalized spacial score (nSPS) is 40.6. The highest BCUT2D eigenvalue weighted by molar-refractivity contribution is 6.74. The minimum absolute atomic E-state index is 0.131. The zero-order valence-corrected chi connectivity index (χ0v) is 34.6. The van der Waals surface area contributed by atoms with Gasteiger partial charge in [-0.25, -0.2) is 0 Å². The molecule has 0 heterocycles. The van der Waals surface area contributed by atoms with Crippen LogP contribution < -0.4 is 9.47 Å². The van der Waals surface area contributed by atoms with Gasteiger partial charge in [-0.3, -0.25) is 0 Å². The molecular weight excluding hydrogens is 605 g/mol. The maximum Gasteiger partial charge on any atom is 0.192 e. The summed E-state index contributed by atoms with van der Waals surface area (Å²) in [6, 6.07) is 4.31. The van der Waals surface area contributed by atoms with E-state index in [0.29, 0.717) is 40.1 Å². The lowest BCUT2D eigenvalue weighted by Crippen LogP contribution is -2.64. The molecule has 5 aliphatic carbocycles. The Morgan fingerprint density at radius 1 is 0.792 bits per heavy atom. The van der Waals surface area contributed by atoms with Crippen molar-refractivity contribution in [3.05, 3.63) is 34.9 Å². The van der Waals surface area contributed by atoms with Gasteiger partial charge in [-0.2, -0.15) is 0 Å². The van der Waals surface area contributed by atoms with Gasteiger partial charge in [-0.1, -0.05) is 74.0 Å². The number of rotatable bonds is 7. The van der Waals surface area contributed by atoms with Crippen molar-refractivity contribution in [1.82, 2.24) is 0 Å². The van der Waals surface area contributed by atoms with Crippen molar-refractivity contribution < 1.29 is 13.9 Å². The number of allylic oxidation sites excluding steroid dienone is 2. The first kappa shape index (κ1) is 36.5. The van der Waals surface area contributed by atoms with E-state index in [1.165, 1.54) is 75.3 Å². The molecule has 0 amide bonds. The number of fused-ring (bicyclic) bond motifs is 7. The monoisotopic (exact) mass is 677 g/mol. The molecule has 0 unspecified atom stereocenters. The fourth-order valence-electron chi connectivity index (χ4n) is 13.3. The highest BCUT2D eigenvalue weighted by Crippen LogP contribution is 2.74. The summed E-state index contributed by atoms with van der Waals surface area (Å²) in [4.78, 5) is 0. The summed E-state index contributed by atoms with van der Waals surface area (Å²) in [5.41, 5.74) is 5.84. The SMILES string of the molecule is COc1ccc(OC)c2c1C[C@H]1[C@]3(C)CC[C@@H]4[C@](C)(CC[C@H](O[Si](C)(C)C(C)(C)C)[C@@]4(C)CC[C@@H]4C(C)=CCCC4(C)C)[C@H]3CC[C@]21C. The van der Waals surface area contributed by atoms with E-state index in [-0.39, 0.29) is 15.9 Å². The quantitative estimate of drug-likeness (QED) is 0.212. The van der Waals surface area contributed by atoms with Gasteiger partial charge < -0.3 is 13.9 Å². The van der Waals surface area contributed by atoms with Crippen LogP contribution in [0.5, 0.6) is 11.5 Å². The summed E-state index contributed by atoms with van der Waals surface area (Å²) in [6.45, 7) is 30.6. The Kier molecular flexibility index (Phi) is 9.05. The molecule has 0 aromatic heterocycles. The van der Waals surface area contributed by atoms with Crippen molar-refractivity contribution in [2.75, 3.05) is 14.2 Å². The summed E-state index contributed by atoms with van der Waals surface area (Å²) in [6.07, 6.45) is 16.9. The molecule has 0 N–H and O–H groups in total. The maximum absolute atomic E-state index is 7.61. The van der Waals surface area contributed by atoms with E-state index >= 15 is 0 Å². The zero-order chi connectivity index (χ0) is 35.3. The molecule has 0 aliphatic heterocycles. The Bertz CT molecular complexity index is 1420. The Morgan fingerprint density at radius 3 is 2.02 bits per heavy atom. The molecule has 9 atom stereocenters. The van der Waals surface area contributed by atoms with Gasteiger partial charge in [-0.05, 0) is 153 Å². The second-order valence-electron chi connectivity index (χ2n) is 20.7. The molecule has 3 saturated carbocycles. The number of hydrogen-bond acceptors (Lipinski definition) is 3. The smallest absolute Gasteiger partial charge is 0.192 e. The predicted molar refractivity (Wildman–Crippen MR) is 205 cm³/mol. The number of methoxy groups -OCH3 is 2. The van der Waals surface area contributed by atoms with Gasteiger partial charge in [-0.15, -0.1) is 0 Å². The topological polar surface area (TPSA) is 27.7 Å².